The summed E-state index contributed by atoms with van der Waals surface area (Å²) in [5.41, 5.74) is 2.37. The van der Waals surface area contributed by atoms with E-state index in [1.54, 1.807) is 37.5 Å². The molecule has 0 saturated carbocycles. The van der Waals surface area contributed by atoms with Crippen molar-refractivity contribution in [1.82, 2.24) is 4.98 Å². The first-order valence-corrected chi connectivity index (χ1v) is 7.45. The lowest BCUT2D eigenvalue weighted by Crippen LogP contribution is -2.27. The molecule has 3 rings (SSSR count). The third-order valence-electron chi connectivity index (χ3n) is 3.54. The standard InChI is InChI=1S/C19H16FN3O/c1-23(17-8-3-2-4-9-17)19(24)18-13-16(10-11-21-18)22-15-7-5-6-14(20)12-15/h2-13H,1H3,(H,21,22). The van der Waals surface area contributed by atoms with Gasteiger partial charge >= 0.3 is 0 Å². The fourth-order valence-corrected chi connectivity index (χ4v) is 2.30. The summed E-state index contributed by atoms with van der Waals surface area (Å²) in [6.45, 7) is 0. The molecule has 3 aromatic rings. The fraction of sp³-hybridized carbons (Fsp3) is 0.0526. The summed E-state index contributed by atoms with van der Waals surface area (Å²) in [6.07, 6.45) is 1.55. The molecule has 0 aliphatic heterocycles. The van der Waals surface area contributed by atoms with Crippen LogP contribution in [0.15, 0.2) is 72.9 Å². The van der Waals surface area contributed by atoms with Crippen LogP contribution < -0.4 is 10.2 Å². The van der Waals surface area contributed by atoms with Crippen molar-refractivity contribution in [1.29, 1.82) is 0 Å². The molecule has 24 heavy (non-hydrogen) atoms. The molecule has 1 N–H and O–H groups in total. The SMILES string of the molecule is CN(C(=O)c1cc(Nc2cccc(F)c2)ccn1)c1ccccc1. The lowest BCUT2D eigenvalue weighted by molar-refractivity contribution is 0.0988. The number of anilines is 3. The second-order valence-electron chi connectivity index (χ2n) is 5.26. The first-order valence-electron chi connectivity index (χ1n) is 7.45. The van der Waals surface area contributed by atoms with Gasteiger partial charge in [-0.25, -0.2) is 4.39 Å². The van der Waals surface area contributed by atoms with Crippen molar-refractivity contribution in [2.75, 3.05) is 17.3 Å². The minimum Gasteiger partial charge on any atom is -0.355 e. The number of hydrogen-bond acceptors (Lipinski definition) is 3. The quantitative estimate of drug-likeness (QED) is 0.782. The van der Waals surface area contributed by atoms with Crippen LogP contribution in [0.4, 0.5) is 21.5 Å². The van der Waals surface area contributed by atoms with Crippen molar-refractivity contribution in [3.63, 3.8) is 0 Å². The molecule has 5 heteroatoms. The summed E-state index contributed by atoms with van der Waals surface area (Å²) in [6, 6.07) is 18.8. The molecule has 0 unspecified atom stereocenters. The number of para-hydroxylation sites is 1. The Kier molecular flexibility index (Phi) is 4.52. The molecular weight excluding hydrogens is 305 g/mol. The van der Waals surface area contributed by atoms with E-state index in [9.17, 15) is 9.18 Å². The number of amides is 1. The van der Waals surface area contributed by atoms with Gasteiger partial charge in [0, 0.05) is 30.3 Å². The molecule has 0 radical (unpaired) electrons. The van der Waals surface area contributed by atoms with E-state index in [2.05, 4.69) is 10.3 Å². The van der Waals surface area contributed by atoms with E-state index >= 15 is 0 Å². The van der Waals surface area contributed by atoms with Crippen molar-refractivity contribution < 1.29 is 9.18 Å². The molecule has 0 bridgehead atoms. The van der Waals surface area contributed by atoms with Gasteiger partial charge in [0.15, 0.2) is 0 Å². The Balaban J connectivity index is 1.81. The number of rotatable bonds is 4. The maximum absolute atomic E-state index is 13.3. The van der Waals surface area contributed by atoms with Crippen LogP contribution in [-0.4, -0.2) is 17.9 Å². The first kappa shape index (κ1) is 15.7. The van der Waals surface area contributed by atoms with E-state index in [1.165, 1.54) is 17.0 Å². The molecule has 0 aliphatic carbocycles. The van der Waals surface area contributed by atoms with Crippen LogP contribution in [0.2, 0.25) is 0 Å². The highest BCUT2D eigenvalue weighted by atomic mass is 19.1. The lowest BCUT2D eigenvalue weighted by Gasteiger charge is -2.17. The zero-order valence-electron chi connectivity index (χ0n) is 13.1. The van der Waals surface area contributed by atoms with Crippen molar-refractivity contribution in [2.24, 2.45) is 0 Å². The van der Waals surface area contributed by atoms with Crippen LogP contribution in [0.5, 0.6) is 0 Å². The van der Waals surface area contributed by atoms with Crippen molar-refractivity contribution in [2.45, 2.75) is 0 Å². The molecule has 1 heterocycles. The van der Waals surface area contributed by atoms with Crippen LogP contribution in [-0.2, 0) is 0 Å². The van der Waals surface area contributed by atoms with Crippen LogP contribution >= 0.6 is 0 Å². The predicted molar refractivity (Wildman–Crippen MR) is 93.1 cm³/mol. The Labute approximate surface area is 139 Å². The Morgan fingerprint density at radius 1 is 1.00 bits per heavy atom. The normalized spacial score (nSPS) is 10.2. The van der Waals surface area contributed by atoms with E-state index < -0.39 is 0 Å². The largest absolute Gasteiger partial charge is 0.355 e. The van der Waals surface area contributed by atoms with E-state index in [4.69, 9.17) is 0 Å². The molecule has 0 aliphatic rings. The Morgan fingerprint density at radius 3 is 2.50 bits per heavy atom. The van der Waals surface area contributed by atoms with E-state index in [0.717, 1.165) is 5.69 Å². The summed E-state index contributed by atoms with van der Waals surface area (Å²) in [5.74, 6) is -0.543. The smallest absolute Gasteiger partial charge is 0.276 e. The van der Waals surface area contributed by atoms with E-state index in [-0.39, 0.29) is 11.7 Å². The van der Waals surface area contributed by atoms with Gasteiger partial charge in [-0.1, -0.05) is 24.3 Å². The topological polar surface area (TPSA) is 45.2 Å². The van der Waals surface area contributed by atoms with Gasteiger partial charge in [-0.3, -0.25) is 9.78 Å². The number of pyridine rings is 1. The minimum absolute atomic E-state index is 0.218. The molecule has 0 saturated heterocycles. The highest BCUT2D eigenvalue weighted by Gasteiger charge is 2.15. The van der Waals surface area contributed by atoms with Gasteiger partial charge in [0.1, 0.15) is 11.5 Å². The van der Waals surface area contributed by atoms with Gasteiger partial charge < -0.3 is 10.2 Å². The van der Waals surface area contributed by atoms with Crippen LogP contribution in [0.25, 0.3) is 0 Å². The summed E-state index contributed by atoms with van der Waals surface area (Å²) >= 11 is 0. The van der Waals surface area contributed by atoms with Crippen LogP contribution in [0.1, 0.15) is 10.5 Å². The number of hydrogen-bond donors (Lipinski definition) is 1. The zero-order chi connectivity index (χ0) is 16.9. The highest BCUT2D eigenvalue weighted by molar-refractivity contribution is 6.04. The third-order valence-corrected chi connectivity index (χ3v) is 3.54. The Morgan fingerprint density at radius 2 is 1.75 bits per heavy atom. The monoisotopic (exact) mass is 321 g/mol. The Bertz CT molecular complexity index is 852. The van der Waals surface area contributed by atoms with E-state index in [1.807, 2.05) is 30.3 Å². The van der Waals surface area contributed by atoms with Crippen molar-refractivity contribution in [3.05, 3.63) is 84.4 Å². The fourth-order valence-electron chi connectivity index (χ4n) is 2.30. The van der Waals surface area contributed by atoms with Crippen molar-refractivity contribution >= 4 is 23.0 Å². The lowest BCUT2D eigenvalue weighted by atomic mass is 10.2. The average molecular weight is 321 g/mol. The number of nitrogens with zero attached hydrogens (tertiary/aromatic N) is 2. The number of aromatic nitrogens is 1. The molecule has 1 amide bonds. The maximum Gasteiger partial charge on any atom is 0.276 e. The molecule has 0 fully saturated rings. The number of halogens is 1. The summed E-state index contributed by atoms with van der Waals surface area (Å²) in [4.78, 5) is 18.3. The van der Waals surface area contributed by atoms with Crippen molar-refractivity contribution in [3.8, 4) is 0 Å². The molecule has 0 spiro atoms. The number of benzene rings is 2. The third kappa shape index (κ3) is 3.57. The van der Waals surface area contributed by atoms with Gasteiger partial charge in [0.05, 0.1) is 0 Å². The molecular formula is C19H16FN3O. The number of carbonyl (C=O) groups excluding carboxylic acids is 1. The van der Waals surface area contributed by atoms with Gasteiger partial charge in [0.25, 0.3) is 5.91 Å². The first-order chi connectivity index (χ1) is 11.6. The van der Waals surface area contributed by atoms with Crippen LogP contribution in [0.3, 0.4) is 0 Å². The predicted octanol–water partition coefficient (Wildman–Crippen LogP) is 4.24. The van der Waals surface area contributed by atoms with Gasteiger partial charge in [-0.05, 0) is 42.5 Å². The average Bonchev–Trinajstić information content (AvgIpc) is 2.61. The highest BCUT2D eigenvalue weighted by Crippen LogP contribution is 2.19. The van der Waals surface area contributed by atoms with Crippen LogP contribution in [0, 0.1) is 5.82 Å². The molecule has 1 aromatic heterocycles. The minimum atomic E-state index is -0.325. The summed E-state index contributed by atoms with van der Waals surface area (Å²) < 4.78 is 13.3. The summed E-state index contributed by atoms with van der Waals surface area (Å²) in [7, 11) is 1.70. The molecule has 2 aromatic carbocycles. The van der Waals surface area contributed by atoms with Gasteiger partial charge in [-0.15, -0.1) is 0 Å². The number of carbonyl (C=O) groups is 1. The maximum atomic E-state index is 13.3. The molecule has 120 valence electrons. The van der Waals surface area contributed by atoms with Gasteiger partial charge in [0.2, 0.25) is 0 Å². The molecule has 4 nitrogen and oxygen atoms in total. The molecule has 0 atom stereocenters. The zero-order valence-corrected chi connectivity index (χ0v) is 13.1. The van der Waals surface area contributed by atoms with Gasteiger partial charge in [-0.2, -0.15) is 0 Å². The second kappa shape index (κ2) is 6.91. The second-order valence-corrected chi connectivity index (χ2v) is 5.26. The van der Waals surface area contributed by atoms with E-state index in [0.29, 0.717) is 17.1 Å². The number of nitrogens with one attached hydrogen (secondary N) is 1. The summed E-state index contributed by atoms with van der Waals surface area (Å²) in [5, 5.41) is 3.07. The Hall–Kier alpha value is -3.21.